The highest BCUT2D eigenvalue weighted by molar-refractivity contribution is 5.94. The third kappa shape index (κ3) is 4.23. The largest absolute Gasteiger partial charge is 0.355 e. The normalized spacial score (nSPS) is 10.0. The lowest BCUT2D eigenvalue weighted by molar-refractivity contribution is -0.120. The van der Waals surface area contributed by atoms with Crippen molar-refractivity contribution in [1.82, 2.24) is 20.2 Å². The first kappa shape index (κ1) is 13.2. The predicted octanol–water partition coefficient (Wildman–Crippen LogP) is -1.29. The molecule has 2 amide bonds. The smallest absolute Gasteiger partial charge is 0.271 e. The van der Waals surface area contributed by atoms with Crippen LogP contribution < -0.4 is 16.4 Å². The van der Waals surface area contributed by atoms with Crippen molar-refractivity contribution >= 4 is 11.8 Å². The summed E-state index contributed by atoms with van der Waals surface area (Å²) in [7, 11) is 0. The maximum Gasteiger partial charge on any atom is 0.271 e. The van der Waals surface area contributed by atoms with E-state index in [0.717, 1.165) is 0 Å². The average molecular weight is 239 g/mol. The molecule has 1 heterocycles. The van der Waals surface area contributed by atoms with Crippen LogP contribution in [0.15, 0.2) is 12.5 Å². The lowest BCUT2D eigenvalue weighted by Gasteiger charge is -2.03. The molecule has 7 heteroatoms. The fourth-order valence-corrected chi connectivity index (χ4v) is 1.26. The van der Waals surface area contributed by atoms with Gasteiger partial charge in [-0.1, -0.05) is 0 Å². The Morgan fingerprint density at radius 1 is 1.47 bits per heavy atom. The number of rotatable bonds is 6. The first-order chi connectivity index (χ1) is 8.17. The van der Waals surface area contributed by atoms with Gasteiger partial charge in [0, 0.05) is 25.8 Å². The molecular weight excluding hydrogens is 222 g/mol. The first-order valence-corrected chi connectivity index (χ1v) is 5.44. The van der Waals surface area contributed by atoms with Crippen molar-refractivity contribution in [1.29, 1.82) is 0 Å². The molecule has 7 nitrogen and oxygen atoms in total. The molecule has 0 fully saturated rings. The van der Waals surface area contributed by atoms with Crippen LogP contribution in [0.1, 0.15) is 17.4 Å². The van der Waals surface area contributed by atoms with Crippen molar-refractivity contribution < 1.29 is 9.59 Å². The van der Waals surface area contributed by atoms with E-state index in [1.165, 1.54) is 6.33 Å². The Morgan fingerprint density at radius 2 is 2.24 bits per heavy atom. The molecule has 0 unspecified atom stereocenters. The van der Waals surface area contributed by atoms with E-state index >= 15 is 0 Å². The second kappa shape index (κ2) is 6.64. The van der Waals surface area contributed by atoms with Gasteiger partial charge in [-0.2, -0.15) is 0 Å². The van der Waals surface area contributed by atoms with Crippen LogP contribution in [0.4, 0.5) is 0 Å². The highest BCUT2D eigenvalue weighted by Crippen LogP contribution is 1.95. The Balaban J connectivity index is 2.43. The third-order valence-electron chi connectivity index (χ3n) is 2.04. The molecule has 0 atom stereocenters. The minimum atomic E-state index is -0.368. The van der Waals surface area contributed by atoms with E-state index in [4.69, 9.17) is 5.73 Å². The van der Waals surface area contributed by atoms with Crippen LogP contribution in [-0.4, -0.2) is 41.0 Å². The van der Waals surface area contributed by atoms with Gasteiger partial charge in [0.25, 0.3) is 5.91 Å². The highest BCUT2D eigenvalue weighted by Gasteiger charge is 2.10. The lowest BCUT2D eigenvalue weighted by Crippen LogP contribution is -2.36. The average Bonchev–Trinajstić information content (AvgIpc) is 2.75. The van der Waals surface area contributed by atoms with Gasteiger partial charge in [0.05, 0.1) is 12.9 Å². The zero-order valence-electron chi connectivity index (χ0n) is 9.77. The van der Waals surface area contributed by atoms with Crippen molar-refractivity contribution in [2.24, 2.45) is 5.73 Å². The van der Waals surface area contributed by atoms with E-state index in [9.17, 15) is 9.59 Å². The summed E-state index contributed by atoms with van der Waals surface area (Å²) in [5.74, 6) is -0.589. The number of hydrogen-bond donors (Lipinski definition) is 3. The molecular formula is C10H17N5O2. The first-order valence-electron chi connectivity index (χ1n) is 5.44. The van der Waals surface area contributed by atoms with Gasteiger partial charge in [-0.3, -0.25) is 9.59 Å². The van der Waals surface area contributed by atoms with E-state index < -0.39 is 0 Å². The van der Waals surface area contributed by atoms with Gasteiger partial charge in [0.15, 0.2) is 0 Å². The summed E-state index contributed by atoms with van der Waals surface area (Å²) in [6.07, 6.45) is 3.13. The van der Waals surface area contributed by atoms with Crippen LogP contribution in [0.2, 0.25) is 0 Å². The number of nitrogens with two attached hydrogens (primary N) is 1. The van der Waals surface area contributed by atoms with Crippen LogP contribution >= 0.6 is 0 Å². The van der Waals surface area contributed by atoms with Gasteiger partial charge >= 0.3 is 0 Å². The van der Waals surface area contributed by atoms with E-state index in [1.54, 1.807) is 10.8 Å². The third-order valence-corrected chi connectivity index (χ3v) is 2.04. The van der Waals surface area contributed by atoms with Crippen molar-refractivity contribution in [2.45, 2.75) is 13.5 Å². The molecule has 0 spiro atoms. The number of carbonyl (C=O) groups is 2. The summed E-state index contributed by atoms with van der Waals surface area (Å²) >= 11 is 0. The molecule has 0 aliphatic heterocycles. The number of likely N-dealkylation sites (N-methyl/N-ethyl adjacent to an activating group) is 1. The van der Waals surface area contributed by atoms with Gasteiger partial charge in [-0.15, -0.1) is 0 Å². The maximum absolute atomic E-state index is 11.6. The molecule has 4 N–H and O–H groups in total. The van der Waals surface area contributed by atoms with Crippen molar-refractivity contribution in [3.8, 4) is 0 Å². The summed E-state index contributed by atoms with van der Waals surface area (Å²) < 4.78 is 1.72. The summed E-state index contributed by atoms with van der Waals surface area (Å²) in [5.41, 5.74) is 5.66. The monoisotopic (exact) mass is 239 g/mol. The van der Waals surface area contributed by atoms with Gasteiger partial charge in [-0.25, -0.2) is 4.98 Å². The second-order valence-corrected chi connectivity index (χ2v) is 3.42. The molecule has 0 saturated carbocycles. The van der Waals surface area contributed by atoms with Gasteiger partial charge in [0.1, 0.15) is 5.69 Å². The minimum Gasteiger partial charge on any atom is -0.355 e. The summed E-state index contributed by atoms with van der Waals surface area (Å²) in [5, 5.41) is 5.06. The van der Waals surface area contributed by atoms with E-state index in [1.807, 2.05) is 6.92 Å². The van der Waals surface area contributed by atoms with E-state index in [0.29, 0.717) is 19.6 Å². The lowest BCUT2D eigenvalue weighted by atomic mass is 10.4. The van der Waals surface area contributed by atoms with Crippen LogP contribution in [0.5, 0.6) is 0 Å². The molecule has 17 heavy (non-hydrogen) atoms. The summed E-state index contributed by atoms with van der Waals surface area (Å²) in [6.45, 7) is 3.40. The van der Waals surface area contributed by atoms with Gasteiger partial charge in [0.2, 0.25) is 5.91 Å². The number of aromatic nitrogens is 2. The molecule has 1 aromatic heterocycles. The van der Waals surface area contributed by atoms with Crippen molar-refractivity contribution in [3.63, 3.8) is 0 Å². The molecule has 1 rings (SSSR count). The summed E-state index contributed by atoms with van der Waals surface area (Å²) in [6, 6.07) is 0. The molecule has 1 aromatic rings. The molecule has 0 radical (unpaired) electrons. The standard InChI is InChI=1S/C10H17N5O2/c1-2-12-9(16)5-13-10(17)8-6-15(4-3-11)7-14-8/h6-7H,2-5,11H2,1H3,(H,12,16)(H,13,17). The number of amides is 2. The Hall–Kier alpha value is -1.89. The molecule has 94 valence electrons. The Bertz CT molecular complexity index is 388. The molecule has 0 saturated heterocycles. The van der Waals surface area contributed by atoms with Crippen molar-refractivity contribution in [2.75, 3.05) is 19.6 Å². The van der Waals surface area contributed by atoms with Crippen LogP contribution in [0.3, 0.4) is 0 Å². The topological polar surface area (TPSA) is 102 Å². The molecule has 0 aromatic carbocycles. The van der Waals surface area contributed by atoms with E-state index in [-0.39, 0.29) is 24.1 Å². The van der Waals surface area contributed by atoms with Gasteiger partial charge < -0.3 is 20.9 Å². The van der Waals surface area contributed by atoms with Crippen LogP contribution in [-0.2, 0) is 11.3 Å². The Labute approximate surface area is 99.4 Å². The SMILES string of the molecule is CCNC(=O)CNC(=O)c1cn(CCN)cn1. The van der Waals surface area contributed by atoms with Crippen molar-refractivity contribution in [3.05, 3.63) is 18.2 Å². The fourth-order valence-electron chi connectivity index (χ4n) is 1.26. The number of hydrogen-bond acceptors (Lipinski definition) is 4. The van der Waals surface area contributed by atoms with Crippen LogP contribution in [0.25, 0.3) is 0 Å². The minimum absolute atomic E-state index is 0.0452. The zero-order valence-corrected chi connectivity index (χ0v) is 9.77. The number of imidazole rings is 1. The molecule has 0 aliphatic rings. The number of nitrogens with one attached hydrogen (secondary N) is 2. The Morgan fingerprint density at radius 3 is 2.88 bits per heavy atom. The molecule has 0 aliphatic carbocycles. The van der Waals surface area contributed by atoms with Crippen LogP contribution in [0, 0.1) is 0 Å². The predicted molar refractivity (Wildman–Crippen MR) is 62.3 cm³/mol. The highest BCUT2D eigenvalue weighted by atomic mass is 16.2. The van der Waals surface area contributed by atoms with E-state index in [2.05, 4.69) is 15.6 Å². The van der Waals surface area contributed by atoms with Gasteiger partial charge in [-0.05, 0) is 6.92 Å². The summed E-state index contributed by atoms with van der Waals surface area (Å²) in [4.78, 5) is 26.6. The molecule has 0 bridgehead atoms. The maximum atomic E-state index is 11.6. The fraction of sp³-hybridized carbons (Fsp3) is 0.500. The zero-order chi connectivity index (χ0) is 12.7. The quantitative estimate of drug-likeness (QED) is 0.574. The number of nitrogens with zero attached hydrogens (tertiary/aromatic N) is 2. The Kier molecular flexibility index (Phi) is 5.15. The number of carbonyl (C=O) groups excluding carboxylic acids is 2. The second-order valence-electron chi connectivity index (χ2n) is 3.42.